The molecule has 0 bridgehead atoms. The molecule has 1 aromatic heterocycles. The monoisotopic (exact) mass is 431 g/mol. The Balaban J connectivity index is 1.41. The normalized spacial score (nSPS) is 18.0. The van der Waals surface area contributed by atoms with Crippen LogP contribution in [-0.2, 0) is 21.4 Å². The van der Waals surface area contributed by atoms with Crippen molar-refractivity contribution in [3.05, 3.63) is 53.5 Å². The topological polar surface area (TPSA) is 117 Å². The van der Waals surface area contributed by atoms with E-state index in [9.17, 15) is 22.8 Å². The zero-order chi connectivity index (χ0) is 21.5. The van der Waals surface area contributed by atoms with Crippen LogP contribution in [0.15, 0.2) is 45.9 Å². The van der Waals surface area contributed by atoms with Crippen LogP contribution in [0.4, 0.5) is 0 Å². The van der Waals surface area contributed by atoms with Gasteiger partial charge in [-0.1, -0.05) is 0 Å². The van der Waals surface area contributed by atoms with Gasteiger partial charge in [0, 0.05) is 26.1 Å². The molecule has 1 N–H and O–H groups in total. The predicted octanol–water partition coefficient (Wildman–Crippen LogP) is 1.22. The molecule has 158 valence electrons. The zero-order valence-corrected chi connectivity index (χ0v) is 17.1. The van der Waals surface area contributed by atoms with E-state index in [1.807, 2.05) is 0 Å². The first-order valence-corrected chi connectivity index (χ1v) is 11.0. The lowest BCUT2D eigenvalue weighted by Gasteiger charge is -2.30. The molecule has 10 heteroatoms. The molecular weight excluding hydrogens is 410 g/mol. The minimum Gasteiger partial charge on any atom is -0.467 e. The standard InChI is InChI=1S/C20H21N3O6S/c1-22-19(25)16-5-4-15(11-17(16)20(22)26)30(27,28)23-8-6-13(7-9-23)18(24)21-12-14-3-2-10-29-14/h2-5,10-11,13H,6-9,12H2,1H3,(H,21,24). The average molecular weight is 431 g/mol. The van der Waals surface area contributed by atoms with Crippen molar-refractivity contribution < 1.29 is 27.2 Å². The van der Waals surface area contributed by atoms with Gasteiger partial charge in [-0.05, 0) is 43.2 Å². The molecule has 1 saturated heterocycles. The molecule has 1 aromatic carbocycles. The van der Waals surface area contributed by atoms with Crippen LogP contribution in [0, 0.1) is 5.92 Å². The number of amides is 3. The highest BCUT2D eigenvalue weighted by Gasteiger charge is 2.36. The van der Waals surface area contributed by atoms with Gasteiger partial charge in [0.1, 0.15) is 5.76 Å². The van der Waals surface area contributed by atoms with Crippen molar-refractivity contribution in [3.63, 3.8) is 0 Å². The number of imide groups is 1. The number of nitrogens with one attached hydrogen (secondary N) is 1. The average Bonchev–Trinajstić information content (AvgIpc) is 3.35. The lowest BCUT2D eigenvalue weighted by atomic mass is 9.97. The number of sulfonamides is 1. The Morgan fingerprint density at radius 3 is 2.50 bits per heavy atom. The smallest absolute Gasteiger partial charge is 0.261 e. The summed E-state index contributed by atoms with van der Waals surface area (Å²) in [5.41, 5.74) is 0.296. The SMILES string of the molecule is CN1C(=O)c2ccc(S(=O)(=O)N3CCC(C(=O)NCc4ccco4)CC3)cc2C1=O. The van der Waals surface area contributed by atoms with Crippen LogP contribution in [0.2, 0.25) is 0 Å². The van der Waals surface area contributed by atoms with Gasteiger partial charge in [0.25, 0.3) is 11.8 Å². The highest BCUT2D eigenvalue weighted by atomic mass is 32.2. The van der Waals surface area contributed by atoms with Gasteiger partial charge in [-0.2, -0.15) is 4.31 Å². The van der Waals surface area contributed by atoms with Crippen molar-refractivity contribution in [1.29, 1.82) is 0 Å². The van der Waals surface area contributed by atoms with Crippen LogP contribution < -0.4 is 5.32 Å². The van der Waals surface area contributed by atoms with Gasteiger partial charge in [0.15, 0.2) is 0 Å². The minimum absolute atomic E-state index is 0.0292. The molecule has 2 aliphatic heterocycles. The third kappa shape index (κ3) is 3.52. The summed E-state index contributed by atoms with van der Waals surface area (Å²) >= 11 is 0. The summed E-state index contributed by atoms with van der Waals surface area (Å²) in [6, 6.07) is 7.49. The molecule has 1 fully saturated rings. The number of nitrogens with zero attached hydrogens (tertiary/aromatic N) is 2. The number of piperidine rings is 1. The Labute approximate surface area is 173 Å². The van der Waals surface area contributed by atoms with Crippen molar-refractivity contribution in [2.45, 2.75) is 24.3 Å². The van der Waals surface area contributed by atoms with E-state index >= 15 is 0 Å². The van der Waals surface area contributed by atoms with Crippen molar-refractivity contribution in [2.75, 3.05) is 20.1 Å². The summed E-state index contributed by atoms with van der Waals surface area (Å²) in [5.74, 6) is -0.717. The number of carbonyl (C=O) groups excluding carboxylic acids is 3. The summed E-state index contributed by atoms with van der Waals surface area (Å²) in [6.07, 6.45) is 2.33. The maximum atomic E-state index is 13.0. The molecular formula is C20H21N3O6S. The quantitative estimate of drug-likeness (QED) is 0.712. The van der Waals surface area contributed by atoms with Crippen LogP contribution >= 0.6 is 0 Å². The maximum absolute atomic E-state index is 13.0. The number of hydrogen-bond acceptors (Lipinski definition) is 6. The van der Waals surface area contributed by atoms with Crippen molar-refractivity contribution in [3.8, 4) is 0 Å². The van der Waals surface area contributed by atoms with Crippen LogP contribution in [0.3, 0.4) is 0 Å². The minimum atomic E-state index is -3.83. The van der Waals surface area contributed by atoms with E-state index < -0.39 is 21.8 Å². The van der Waals surface area contributed by atoms with Gasteiger partial charge in [0.05, 0.1) is 28.8 Å². The first-order chi connectivity index (χ1) is 14.3. The summed E-state index contributed by atoms with van der Waals surface area (Å²) in [7, 11) is -2.47. The lowest BCUT2D eigenvalue weighted by molar-refractivity contribution is -0.126. The van der Waals surface area contributed by atoms with Crippen LogP contribution in [0.25, 0.3) is 0 Å². The number of fused-ring (bicyclic) bond motifs is 1. The van der Waals surface area contributed by atoms with E-state index in [2.05, 4.69) is 5.32 Å². The third-order valence-corrected chi connectivity index (χ3v) is 7.44. The molecule has 0 radical (unpaired) electrons. The van der Waals surface area contributed by atoms with Crippen LogP contribution in [0.5, 0.6) is 0 Å². The Kier molecular flexibility index (Phi) is 5.20. The summed E-state index contributed by atoms with van der Waals surface area (Å²) in [6.45, 7) is 0.691. The molecule has 0 spiro atoms. The fraction of sp³-hybridized carbons (Fsp3) is 0.350. The van der Waals surface area contributed by atoms with Gasteiger partial charge in [0.2, 0.25) is 15.9 Å². The molecule has 3 heterocycles. The van der Waals surface area contributed by atoms with Gasteiger partial charge in [-0.25, -0.2) is 8.42 Å². The Bertz CT molecular complexity index is 1100. The fourth-order valence-electron chi connectivity index (χ4n) is 3.74. The molecule has 0 aliphatic carbocycles. The van der Waals surface area contributed by atoms with Gasteiger partial charge >= 0.3 is 0 Å². The number of carbonyl (C=O) groups is 3. The van der Waals surface area contributed by atoms with Crippen LogP contribution in [-0.4, -0.2) is 55.5 Å². The second-order valence-electron chi connectivity index (χ2n) is 7.35. The molecule has 0 unspecified atom stereocenters. The van der Waals surface area contributed by atoms with Crippen LogP contribution in [0.1, 0.15) is 39.3 Å². The highest BCUT2D eigenvalue weighted by molar-refractivity contribution is 7.89. The predicted molar refractivity (Wildman–Crippen MR) is 105 cm³/mol. The molecule has 3 amide bonds. The molecule has 30 heavy (non-hydrogen) atoms. The van der Waals surface area contributed by atoms with Gasteiger partial charge < -0.3 is 9.73 Å². The van der Waals surface area contributed by atoms with Crippen molar-refractivity contribution in [2.24, 2.45) is 5.92 Å². The van der Waals surface area contributed by atoms with E-state index in [4.69, 9.17) is 4.42 Å². The van der Waals surface area contributed by atoms with E-state index in [1.54, 1.807) is 12.1 Å². The number of hydrogen-bond donors (Lipinski definition) is 1. The molecule has 2 aromatic rings. The highest BCUT2D eigenvalue weighted by Crippen LogP contribution is 2.28. The Morgan fingerprint density at radius 2 is 1.83 bits per heavy atom. The second-order valence-corrected chi connectivity index (χ2v) is 9.29. The second kappa shape index (κ2) is 7.69. The summed E-state index contributed by atoms with van der Waals surface area (Å²) < 4.78 is 32.5. The Hall–Kier alpha value is -2.98. The van der Waals surface area contributed by atoms with Gasteiger partial charge in [-0.15, -0.1) is 0 Å². The molecule has 2 aliphatic rings. The van der Waals surface area contributed by atoms with E-state index in [1.165, 1.54) is 35.8 Å². The van der Waals surface area contributed by atoms with Crippen molar-refractivity contribution in [1.82, 2.24) is 14.5 Å². The van der Waals surface area contributed by atoms with E-state index in [-0.39, 0.29) is 40.9 Å². The summed E-state index contributed by atoms with van der Waals surface area (Å²) in [5, 5.41) is 2.81. The maximum Gasteiger partial charge on any atom is 0.261 e. The number of rotatable bonds is 5. The molecule has 4 rings (SSSR count). The molecule has 0 atom stereocenters. The largest absolute Gasteiger partial charge is 0.467 e. The zero-order valence-electron chi connectivity index (χ0n) is 16.3. The summed E-state index contributed by atoms with van der Waals surface area (Å²) in [4.78, 5) is 37.5. The number of furan rings is 1. The van der Waals surface area contributed by atoms with Crippen molar-refractivity contribution >= 4 is 27.7 Å². The molecule has 0 saturated carbocycles. The first-order valence-electron chi connectivity index (χ1n) is 9.55. The van der Waals surface area contributed by atoms with Gasteiger partial charge in [-0.3, -0.25) is 19.3 Å². The van der Waals surface area contributed by atoms with E-state index in [0.717, 1.165) is 4.90 Å². The Morgan fingerprint density at radius 1 is 1.13 bits per heavy atom. The fourth-order valence-corrected chi connectivity index (χ4v) is 5.24. The number of benzene rings is 1. The molecule has 9 nitrogen and oxygen atoms in total. The first kappa shape index (κ1) is 20.3. The van der Waals surface area contributed by atoms with E-state index in [0.29, 0.717) is 25.1 Å². The third-order valence-electron chi connectivity index (χ3n) is 5.54. The lowest BCUT2D eigenvalue weighted by Crippen LogP contribution is -2.42.